The predicted octanol–water partition coefficient (Wildman–Crippen LogP) is 1.80. The van der Waals surface area contributed by atoms with E-state index in [0.29, 0.717) is 18.8 Å². The molecule has 0 bridgehead atoms. The summed E-state index contributed by atoms with van der Waals surface area (Å²) in [5.41, 5.74) is 1.10. The summed E-state index contributed by atoms with van der Waals surface area (Å²) >= 11 is 0. The van der Waals surface area contributed by atoms with E-state index in [4.69, 9.17) is 9.47 Å². The van der Waals surface area contributed by atoms with Crippen molar-refractivity contribution in [3.8, 4) is 11.5 Å². The van der Waals surface area contributed by atoms with Gasteiger partial charge in [-0.3, -0.25) is 4.90 Å². The molecule has 152 valence electrons. The van der Waals surface area contributed by atoms with Crippen LogP contribution in [0.15, 0.2) is 53.4 Å². The maximum Gasteiger partial charge on any atom is 0.240 e. The second kappa shape index (κ2) is 9.27. The topological polar surface area (TPSA) is 71.1 Å². The minimum atomic E-state index is -3.54. The number of nitrogens with zero attached hydrogens (tertiary/aromatic N) is 2. The van der Waals surface area contributed by atoms with Crippen molar-refractivity contribution in [3.05, 3.63) is 48.5 Å². The fraction of sp³-hybridized carbons (Fsp3) is 0.400. The van der Waals surface area contributed by atoms with E-state index in [1.54, 1.807) is 25.3 Å². The number of benzene rings is 2. The Bertz CT molecular complexity index is 881. The highest BCUT2D eigenvalue weighted by molar-refractivity contribution is 7.89. The number of sulfonamides is 1. The van der Waals surface area contributed by atoms with Gasteiger partial charge in [-0.05, 0) is 24.3 Å². The van der Waals surface area contributed by atoms with Crippen molar-refractivity contribution < 1.29 is 17.9 Å². The van der Waals surface area contributed by atoms with E-state index >= 15 is 0 Å². The second-order valence-electron chi connectivity index (χ2n) is 6.58. The summed E-state index contributed by atoms with van der Waals surface area (Å²) in [5.74, 6) is 1.40. The predicted molar refractivity (Wildman–Crippen MR) is 110 cm³/mol. The zero-order valence-corrected chi connectivity index (χ0v) is 17.1. The van der Waals surface area contributed by atoms with E-state index in [9.17, 15) is 8.42 Å². The van der Waals surface area contributed by atoms with E-state index in [2.05, 4.69) is 20.6 Å². The summed E-state index contributed by atoms with van der Waals surface area (Å²) in [4.78, 5) is 4.78. The third kappa shape index (κ3) is 4.95. The van der Waals surface area contributed by atoms with Crippen molar-refractivity contribution in [1.29, 1.82) is 0 Å². The van der Waals surface area contributed by atoms with Gasteiger partial charge in [-0.2, -0.15) is 0 Å². The summed E-state index contributed by atoms with van der Waals surface area (Å²) in [7, 11) is -0.338. The molecule has 1 saturated heterocycles. The highest BCUT2D eigenvalue weighted by Crippen LogP contribution is 2.28. The lowest BCUT2D eigenvalue weighted by Crippen LogP contribution is -2.48. The smallest absolute Gasteiger partial charge is 0.240 e. The number of para-hydroxylation sites is 2. The van der Waals surface area contributed by atoms with Crippen LogP contribution in [0.3, 0.4) is 0 Å². The molecule has 0 atom stereocenters. The van der Waals surface area contributed by atoms with Crippen LogP contribution < -0.4 is 19.1 Å². The molecule has 8 heteroatoms. The van der Waals surface area contributed by atoms with Gasteiger partial charge in [0, 0.05) is 45.3 Å². The lowest BCUT2D eigenvalue weighted by atomic mass is 10.2. The highest BCUT2D eigenvalue weighted by Gasteiger charge is 2.20. The average molecular weight is 406 g/mol. The fourth-order valence-electron chi connectivity index (χ4n) is 3.29. The number of hydrogen-bond donors (Lipinski definition) is 1. The van der Waals surface area contributed by atoms with E-state index in [0.717, 1.165) is 37.6 Å². The van der Waals surface area contributed by atoms with Gasteiger partial charge in [0.1, 0.15) is 11.5 Å². The summed E-state index contributed by atoms with van der Waals surface area (Å²) < 4.78 is 38.1. The molecule has 2 aromatic rings. The number of nitrogens with one attached hydrogen (secondary N) is 1. The van der Waals surface area contributed by atoms with Crippen molar-refractivity contribution >= 4 is 15.7 Å². The summed E-state index contributed by atoms with van der Waals surface area (Å²) in [6, 6.07) is 14.5. The Hall–Kier alpha value is -2.29. The molecule has 0 saturated carbocycles. The zero-order valence-electron chi connectivity index (χ0n) is 16.3. The van der Waals surface area contributed by atoms with Crippen molar-refractivity contribution in [2.75, 3.05) is 58.4 Å². The molecule has 0 radical (unpaired) electrons. The van der Waals surface area contributed by atoms with Crippen LogP contribution in [-0.4, -0.2) is 66.8 Å². The van der Waals surface area contributed by atoms with Gasteiger partial charge in [-0.1, -0.05) is 18.2 Å². The largest absolute Gasteiger partial charge is 0.497 e. The molecule has 7 nitrogen and oxygen atoms in total. The summed E-state index contributed by atoms with van der Waals surface area (Å²) in [6.45, 7) is 4.54. The molecule has 1 aliphatic heterocycles. The van der Waals surface area contributed by atoms with Gasteiger partial charge in [0.25, 0.3) is 0 Å². The molecule has 1 fully saturated rings. The maximum atomic E-state index is 12.4. The number of hydrogen-bond acceptors (Lipinski definition) is 6. The van der Waals surface area contributed by atoms with Crippen molar-refractivity contribution in [2.45, 2.75) is 4.90 Å². The summed E-state index contributed by atoms with van der Waals surface area (Å²) in [5, 5.41) is 0. The molecule has 0 amide bonds. The standard InChI is InChI=1S/C20H27N3O4S/c1-26-17-6-5-7-18(16-17)28(24,25)21-10-11-22-12-14-23(15-13-22)19-8-3-4-9-20(19)27-2/h3-9,16,21H,10-15H2,1-2H3. The zero-order chi connectivity index (χ0) is 20.0. The van der Waals surface area contributed by atoms with Gasteiger partial charge in [0.05, 0.1) is 24.8 Å². The molecular weight excluding hydrogens is 378 g/mol. The molecule has 1 N–H and O–H groups in total. The Kier molecular flexibility index (Phi) is 6.77. The van der Waals surface area contributed by atoms with Gasteiger partial charge in [-0.15, -0.1) is 0 Å². The number of piperazine rings is 1. The SMILES string of the molecule is COc1cccc(S(=O)(=O)NCCN2CCN(c3ccccc3OC)CC2)c1. The fourth-order valence-corrected chi connectivity index (χ4v) is 4.35. The molecular formula is C20H27N3O4S. The number of ether oxygens (including phenoxy) is 2. The molecule has 3 rings (SSSR count). The third-order valence-corrected chi connectivity index (χ3v) is 6.33. The van der Waals surface area contributed by atoms with Crippen molar-refractivity contribution in [2.24, 2.45) is 0 Å². The van der Waals surface area contributed by atoms with E-state index in [-0.39, 0.29) is 4.90 Å². The van der Waals surface area contributed by atoms with Gasteiger partial charge < -0.3 is 14.4 Å². The van der Waals surface area contributed by atoms with Crippen LogP contribution in [0.4, 0.5) is 5.69 Å². The molecule has 1 heterocycles. The van der Waals surface area contributed by atoms with Crippen LogP contribution in [0.25, 0.3) is 0 Å². The monoisotopic (exact) mass is 405 g/mol. The minimum absolute atomic E-state index is 0.216. The van der Waals surface area contributed by atoms with Crippen LogP contribution in [0.1, 0.15) is 0 Å². The Morgan fingerprint density at radius 3 is 2.43 bits per heavy atom. The molecule has 0 spiro atoms. The first-order chi connectivity index (χ1) is 13.5. The molecule has 2 aromatic carbocycles. The Labute approximate surface area is 166 Å². The van der Waals surface area contributed by atoms with Crippen LogP contribution in [0.5, 0.6) is 11.5 Å². The van der Waals surface area contributed by atoms with Crippen LogP contribution in [-0.2, 0) is 10.0 Å². The van der Waals surface area contributed by atoms with Crippen LogP contribution >= 0.6 is 0 Å². The van der Waals surface area contributed by atoms with Gasteiger partial charge in [-0.25, -0.2) is 13.1 Å². The lowest BCUT2D eigenvalue weighted by molar-refractivity contribution is 0.261. The van der Waals surface area contributed by atoms with Crippen molar-refractivity contribution in [3.63, 3.8) is 0 Å². The van der Waals surface area contributed by atoms with Gasteiger partial charge in [0.15, 0.2) is 0 Å². The lowest BCUT2D eigenvalue weighted by Gasteiger charge is -2.36. The van der Waals surface area contributed by atoms with Gasteiger partial charge in [0.2, 0.25) is 10.0 Å². The molecule has 1 aliphatic rings. The van der Waals surface area contributed by atoms with Crippen LogP contribution in [0.2, 0.25) is 0 Å². The van der Waals surface area contributed by atoms with E-state index in [1.807, 2.05) is 18.2 Å². The molecule has 28 heavy (non-hydrogen) atoms. The Morgan fingerprint density at radius 2 is 1.71 bits per heavy atom. The molecule has 0 unspecified atom stereocenters. The molecule has 0 aliphatic carbocycles. The summed E-state index contributed by atoms with van der Waals surface area (Å²) in [6.07, 6.45) is 0. The first kappa shape index (κ1) is 20.4. The Morgan fingerprint density at radius 1 is 0.964 bits per heavy atom. The number of rotatable bonds is 8. The quantitative estimate of drug-likeness (QED) is 0.722. The third-order valence-electron chi connectivity index (χ3n) is 4.87. The first-order valence-corrected chi connectivity index (χ1v) is 10.8. The first-order valence-electron chi connectivity index (χ1n) is 9.27. The molecule has 0 aromatic heterocycles. The van der Waals surface area contributed by atoms with Crippen LogP contribution in [0, 0.1) is 0 Å². The highest BCUT2D eigenvalue weighted by atomic mass is 32.2. The van der Waals surface area contributed by atoms with E-state index in [1.165, 1.54) is 13.2 Å². The van der Waals surface area contributed by atoms with E-state index < -0.39 is 10.0 Å². The second-order valence-corrected chi connectivity index (χ2v) is 8.34. The number of anilines is 1. The normalized spacial score (nSPS) is 15.4. The number of methoxy groups -OCH3 is 2. The Balaban J connectivity index is 1.49. The van der Waals surface area contributed by atoms with Crippen molar-refractivity contribution in [1.82, 2.24) is 9.62 Å². The minimum Gasteiger partial charge on any atom is -0.497 e. The average Bonchev–Trinajstić information content (AvgIpc) is 2.74. The maximum absolute atomic E-state index is 12.4. The van der Waals surface area contributed by atoms with Gasteiger partial charge >= 0.3 is 0 Å².